The van der Waals surface area contributed by atoms with E-state index < -0.39 is 11.9 Å². The van der Waals surface area contributed by atoms with E-state index in [0.29, 0.717) is 38.6 Å². The van der Waals surface area contributed by atoms with Gasteiger partial charge in [0.15, 0.2) is 0 Å². The minimum Gasteiger partial charge on any atom is -0.488 e. The van der Waals surface area contributed by atoms with E-state index in [-0.39, 0.29) is 11.8 Å². The molecule has 6 nitrogen and oxygen atoms in total. The van der Waals surface area contributed by atoms with Gasteiger partial charge in [0.25, 0.3) is 11.8 Å². The first kappa shape index (κ1) is 26.5. The first-order chi connectivity index (χ1) is 16.7. The first-order valence-electron chi connectivity index (χ1n) is 10.8. The van der Waals surface area contributed by atoms with E-state index in [9.17, 15) is 9.59 Å². The largest absolute Gasteiger partial charge is 0.488 e. The number of ether oxygens (including phenoxy) is 1. The molecule has 0 bridgehead atoms. The number of nitrogens with zero attached hydrogens (tertiary/aromatic N) is 1. The van der Waals surface area contributed by atoms with Gasteiger partial charge in [0.1, 0.15) is 18.4 Å². The third-order valence-electron chi connectivity index (χ3n) is 4.98. The third-order valence-corrected chi connectivity index (χ3v) is 5.70. The number of hydrogen-bond donors (Lipinski definition) is 2. The van der Waals surface area contributed by atoms with E-state index in [2.05, 4.69) is 15.8 Å². The highest BCUT2D eigenvalue weighted by atomic mass is 35.5. The maximum atomic E-state index is 12.8. The van der Waals surface area contributed by atoms with Crippen molar-refractivity contribution in [3.8, 4) is 5.75 Å². The molecule has 3 aromatic rings. The minimum absolute atomic E-state index is 0.177. The molecular weight excluding hydrogens is 509 g/mol. The molecule has 35 heavy (non-hydrogen) atoms. The summed E-state index contributed by atoms with van der Waals surface area (Å²) in [5, 5.41) is 8.42. The predicted octanol–water partition coefficient (Wildman–Crippen LogP) is 6.13. The maximum absolute atomic E-state index is 12.8. The molecule has 0 heterocycles. The van der Waals surface area contributed by atoms with E-state index in [0.717, 1.165) is 5.56 Å². The molecule has 0 aliphatic rings. The topological polar surface area (TPSA) is 79.8 Å². The summed E-state index contributed by atoms with van der Waals surface area (Å²) in [5.41, 5.74) is 4.36. The fourth-order valence-corrected chi connectivity index (χ4v) is 3.65. The highest BCUT2D eigenvalue weighted by molar-refractivity contribution is 6.31. The molecule has 2 N–H and O–H groups in total. The molecule has 1 unspecified atom stereocenters. The van der Waals surface area contributed by atoms with E-state index in [4.69, 9.17) is 39.5 Å². The lowest BCUT2D eigenvalue weighted by molar-refractivity contribution is -0.123. The van der Waals surface area contributed by atoms with E-state index >= 15 is 0 Å². The second-order valence-electron chi connectivity index (χ2n) is 8.04. The molecule has 3 aromatic carbocycles. The van der Waals surface area contributed by atoms with Gasteiger partial charge in [0.05, 0.1) is 6.21 Å². The number of benzene rings is 3. The summed E-state index contributed by atoms with van der Waals surface area (Å²) < 4.78 is 5.90. The van der Waals surface area contributed by atoms with Gasteiger partial charge >= 0.3 is 0 Å². The van der Waals surface area contributed by atoms with Gasteiger partial charge in [0.2, 0.25) is 0 Å². The van der Waals surface area contributed by atoms with Crippen LogP contribution in [0.4, 0.5) is 0 Å². The van der Waals surface area contributed by atoms with Gasteiger partial charge < -0.3 is 10.1 Å². The number of hydrazone groups is 1. The Kier molecular flexibility index (Phi) is 9.55. The molecule has 0 saturated carbocycles. The zero-order chi connectivity index (χ0) is 25.4. The van der Waals surface area contributed by atoms with Crippen molar-refractivity contribution in [3.05, 3.63) is 98.5 Å². The Morgan fingerprint density at radius 3 is 2.31 bits per heavy atom. The lowest BCUT2D eigenvalue weighted by Gasteiger charge is -2.20. The number of carbonyl (C=O) groups excluding carboxylic acids is 2. The van der Waals surface area contributed by atoms with Crippen LogP contribution in [0.5, 0.6) is 5.75 Å². The molecule has 0 aliphatic heterocycles. The Hall–Kier alpha value is -3.06. The van der Waals surface area contributed by atoms with Crippen molar-refractivity contribution in [1.82, 2.24) is 10.7 Å². The van der Waals surface area contributed by atoms with Crippen LogP contribution < -0.4 is 15.5 Å². The predicted molar refractivity (Wildman–Crippen MR) is 141 cm³/mol. The number of nitrogens with one attached hydrogen (secondary N) is 2. The lowest BCUT2D eigenvalue weighted by atomic mass is 10.0. The Labute approximate surface area is 219 Å². The normalized spacial score (nSPS) is 11.9. The van der Waals surface area contributed by atoms with Crippen LogP contribution in [0.2, 0.25) is 15.1 Å². The van der Waals surface area contributed by atoms with Crippen molar-refractivity contribution >= 4 is 52.8 Å². The highest BCUT2D eigenvalue weighted by Gasteiger charge is 2.24. The zero-order valence-electron chi connectivity index (χ0n) is 19.1. The van der Waals surface area contributed by atoms with Crippen molar-refractivity contribution in [3.63, 3.8) is 0 Å². The fraction of sp³-hybridized carbons (Fsp3) is 0.192. The Morgan fingerprint density at radius 2 is 1.63 bits per heavy atom. The van der Waals surface area contributed by atoms with Gasteiger partial charge in [-0.15, -0.1) is 0 Å². The van der Waals surface area contributed by atoms with Crippen LogP contribution in [0.3, 0.4) is 0 Å². The molecule has 0 spiro atoms. The van der Waals surface area contributed by atoms with Crippen LogP contribution in [-0.2, 0) is 11.4 Å². The Bertz CT molecular complexity index is 1210. The number of amides is 2. The summed E-state index contributed by atoms with van der Waals surface area (Å²) >= 11 is 18.0. The monoisotopic (exact) mass is 531 g/mol. The van der Waals surface area contributed by atoms with Gasteiger partial charge in [-0.2, -0.15) is 5.10 Å². The molecule has 0 radical (unpaired) electrons. The van der Waals surface area contributed by atoms with Gasteiger partial charge in [-0.25, -0.2) is 5.43 Å². The van der Waals surface area contributed by atoms with Crippen molar-refractivity contribution in [2.24, 2.45) is 11.0 Å². The smallest absolute Gasteiger partial charge is 0.262 e. The summed E-state index contributed by atoms with van der Waals surface area (Å²) in [4.78, 5) is 25.3. The van der Waals surface area contributed by atoms with Crippen molar-refractivity contribution in [2.75, 3.05) is 0 Å². The van der Waals surface area contributed by atoms with Crippen LogP contribution in [0.15, 0.2) is 71.8 Å². The van der Waals surface area contributed by atoms with Crippen LogP contribution in [0.1, 0.15) is 35.3 Å². The molecule has 9 heteroatoms. The molecule has 2 amide bonds. The van der Waals surface area contributed by atoms with Crippen molar-refractivity contribution in [1.29, 1.82) is 0 Å². The summed E-state index contributed by atoms with van der Waals surface area (Å²) in [5.74, 6) is -0.485. The summed E-state index contributed by atoms with van der Waals surface area (Å²) in [6.45, 7) is 3.95. The third kappa shape index (κ3) is 7.99. The molecule has 0 saturated heterocycles. The lowest BCUT2D eigenvalue weighted by Crippen LogP contribution is -2.48. The highest BCUT2D eigenvalue weighted by Crippen LogP contribution is 2.23. The first-order valence-corrected chi connectivity index (χ1v) is 11.9. The van der Waals surface area contributed by atoms with E-state index in [1.54, 1.807) is 48.5 Å². The average Bonchev–Trinajstić information content (AvgIpc) is 2.82. The summed E-state index contributed by atoms with van der Waals surface area (Å²) in [6, 6.07) is 18.1. The average molecular weight is 533 g/mol. The van der Waals surface area contributed by atoms with Crippen LogP contribution in [0.25, 0.3) is 0 Å². The molecule has 0 fully saturated rings. The minimum atomic E-state index is -0.798. The molecule has 3 rings (SSSR count). The van der Waals surface area contributed by atoms with Gasteiger partial charge in [-0.05, 0) is 66.1 Å². The van der Waals surface area contributed by atoms with Gasteiger partial charge in [-0.1, -0.05) is 60.8 Å². The Morgan fingerprint density at radius 1 is 0.943 bits per heavy atom. The molecule has 0 aromatic heterocycles. The number of rotatable bonds is 9. The van der Waals surface area contributed by atoms with Crippen LogP contribution in [-0.4, -0.2) is 24.1 Å². The number of hydrogen-bond acceptors (Lipinski definition) is 4. The van der Waals surface area contributed by atoms with Crippen LogP contribution >= 0.6 is 34.8 Å². The standard InChI is InChI=1S/C26H24Cl3N3O3/c1-16(2)24(31-25(33)18-6-8-20(27)9-7-18)26(34)32-30-14-19-13-22(29)10-11-23(19)35-15-17-4-3-5-21(28)12-17/h3-14,16,24H,15H2,1-2H3,(H,31,33)(H,32,34). The van der Waals surface area contributed by atoms with Crippen molar-refractivity contribution < 1.29 is 14.3 Å². The molecule has 0 aliphatic carbocycles. The Balaban J connectivity index is 1.66. The molecule has 182 valence electrons. The maximum Gasteiger partial charge on any atom is 0.262 e. The van der Waals surface area contributed by atoms with Gasteiger partial charge in [0, 0.05) is 26.2 Å². The molecule has 1 atom stereocenters. The fourth-order valence-electron chi connectivity index (χ4n) is 3.14. The SMILES string of the molecule is CC(C)C(NC(=O)c1ccc(Cl)cc1)C(=O)NN=Cc1cc(Cl)ccc1OCc1cccc(Cl)c1. The van der Waals surface area contributed by atoms with E-state index in [1.165, 1.54) is 6.21 Å². The summed E-state index contributed by atoms with van der Waals surface area (Å²) in [7, 11) is 0. The number of halogens is 3. The number of carbonyl (C=O) groups is 2. The zero-order valence-corrected chi connectivity index (χ0v) is 21.4. The van der Waals surface area contributed by atoms with Crippen molar-refractivity contribution in [2.45, 2.75) is 26.5 Å². The quantitative estimate of drug-likeness (QED) is 0.257. The van der Waals surface area contributed by atoms with Gasteiger partial charge in [-0.3, -0.25) is 9.59 Å². The molecular formula is C26H24Cl3N3O3. The second-order valence-corrected chi connectivity index (χ2v) is 9.35. The van der Waals surface area contributed by atoms with E-state index in [1.807, 2.05) is 32.0 Å². The summed E-state index contributed by atoms with van der Waals surface area (Å²) in [6.07, 6.45) is 1.44. The van der Waals surface area contributed by atoms with Crippen LogP contribution in [0, 0.1) is 5.92 Å². The second kappa shape index (κ2) is 12.6.